The van der Waals surface area contributed by atoms with Crippen LogP contribution < -0.4 is 11.3 Å². The van der Waals surface area contributed by atoms with Gasteiger partial charge in [0.2, 0.25) is 0 Å². The van der Waals surface area contributed by atoms with Crippen LogP contribution in [0.2, 0.25) is 0 Å². The summed E-state index contributed by atoms with van der Waals surface area (Å²) >= 11 is 0. The summed E-state index contributed by atoms with van der Waals surface area (Å²) in [5, 5.41) is 0. The van der Waals surface area contributed by atoms with Crippen molar-refractivity contribution in [2.24, 2.45) is 0 Å². The molecule has 4 heteroatoms. The zero-order valence-corrected chi connectivity index (χ0v) is 9.48. The van der Waals surface area contributed by atoms with E-state index in [1.807, 2.05) is 13.0 Å². The number of nitrogen functional groups attached to an aromatic ring is 1. The Morgan fingerprint density at radius 2 is 2.06 bits per heavy atom. The zero-order chi connectivity index (χ0) is 12.4. The number of nitrogens with two attached hydrogens (primary N) is 1. The maximum atomic E-state index is 13.2. The van der Waals surface area contributed by atoms with Gasteiger partial charge >= 0.3 is 0 Å². The van der Waals surface area contributed by atoms with E-state index < -0.39 is 5.82 Å². The number of anilines is 1. The Hall–Kier alpha value is -2.10. The Kier molecular flexibility index (Phi) is 2.95. The second-order valence-electron chi connectivity index (χ2n) is 4.03. The van der Waals surface area contributed by atoms with E-state index in [-0.39, 0.29) is 11.2 Å². The molecule has 17 heavy (non-hydrogen) atoms. The molecule has 0 aliphatic rings. The number of rotatable bonds is 2. The third-order valence-corrected chi connectivity index (χ3v) is 2.57. The second kappa shape index (κ2) is 4.41. The van der Waals surface area contributed by atoms with E-state index >= 15 is 0 Å². The normalized spacial score (nSPS) is 10.5. The van der Waals surface area contributed by atoms with Crippen LogP contribution in [0.5, 0.6) is 0 Å². The van der Waals surface area contributed by atoms with Crippen LogP contribution in [0.15, 0.2) is 41.3 Å². The molecule has 88 valence electrons. The molecule has 3 nitrogen and oxygen atoms in total. The number of halogens is 1. The molecule has 0 unspecified atom stereocenters. The number of aromatic nitrogens is 1. The van der Waals surface area contributed by atoms with Crippen molar-refractivity contribution in [1.82, 2.24) is 4.57 Å². The minimum absolute atomic E-state index is 0.0952. The third-order valence-electron chi connectivity index (χ3n) is 2.57. The van der Waals surface area contributed by atoms with Crippen LogP contribution in [0.4, 0.5) is 10.1 Å². The molecular formula is C13H13FN2O. The number of hydrogen-bond donors (Lipinski definition) is 1. The molecule has 0 spiro atoms. The maximum Gasteiger partial charge on any atom is 0.251 e. The highest BCUT2D eigenvalue weighted by molar-refractivity contribution is 5.41. The average molecular weight is 232 g/mol. The standard InChI is InChI=1S/C13H13FN2O/c1-9-4-5-16(13(17)6-9)8-10-2-3-12(15)11(14)7-10/h2-7H,8,15H2,1H3. The summed E-state index contributed by atoms with van der Waals surface area (Å²) in [7, 11) is 0. The highest BCUT2D eigenvalue weighted by atomic mass is 19.1. The Morgan fingerprint density at radius 1 is 1.29 bits per heavy atom. The van der Waals surface area contributed by atoms with Gasteiger partial charge in [-0.25, -0.2) is 4.39 Å². The van der Waals surface area contributed by atoms with E-state index in [2.05, 4.69) is 0 Å². The zero-order valence-electron chi connectivity index (χ0n) is 9.48. The van der Waals surface area contributed by atoms with Crippen LogP contribution in [0.1, 0.15) is 11.1 Å². The van der Waals surface area contributed by atoms with Gasteiger partial charge in [0.25, 0.3) is 5.56 Å². The fourth-order valence-electron chi connectivity index (χ4n) is 1.60. The minimum atomic E-state index is -0.456. The second-order valence-corrected chi connectivity index (χ2v) is 4.03. The van der Waals surface area contributed by atoms with Crippen molar-refractivity contribution >= 4 is 5.69 Å². The smallest absolute Gasteiger partial charge is 0.251 e. The molecule has 1 aromatic heterocycles. The summed E-state index contributed by atoms with van der Waals surface area (Å²) in [6.45, 7) is 2.20. The lowest BCUT2D eigenvalue weighted by atomic mass is 10.2. The summed E-state index contributed by atoms with van der Waals surface area (Å²) < 4.78 is 14.8. The monoisotopic (exact) mass is 232 g/mol. The predicted molar refractivity (Wildman–Crippen MR) is 65.4 cm³/mol. The van der Waals surface area contributed by atoms with Gasteiger partial charge in [-0.15, -0.1) is 0 Å². The Morgan fingerprint density at radius 3 is 2.71 bits per heavy atom. The number of hydrogen-bond acceptors (Lipinski definition) is 2. The molecule has 2 N–H and O–H groups in total. The van der Waals surface area contributed by atoms with Gasteiger partial charge in [0.15, 0.2) is 0 Å². The van der Waals surface area contributed by atoms with Gasteiger partial charge in [0, 0.05) is 12.3 Å². The van der Waals surface area contributed by atoms with E-state index in [1.54, 1.807) is 18.3 Å². The molecular weight excluding hydrogens is 219 g/mol. The van der Waals surface area contributed by atoms with Crippen LogP contribution in [0, 0.1) is 12.7 Å². The number of nitrogens with zero attached hydrogens (tertiary/aromatic N) is 1. The first-order valence-corrected chi connectivity index (χ1v) is 5.27. The lowest BCUT2D eigenvalue weighted by Gasteiger charge is -2.07. The predicted octanol–water partition coefficient (Wildman–Crippen LogP) is 1.93. The van der Waals surface area contributed by atoms with Gasteiger partial charge in [-0.05, 0) is 36.2 Å². The fraction of sp³-hybridized carbons (Fsp3) is 0.154. The van der Waals surface area contributed by atoms with Crippen molar-refractivity contribution in [2.75, 3.05) is 5.73 Å². The molecule has 0 fully saturated rings. The first-order chi connectivity index (χ1) is 8.06. The molecule has 0 aliphatic heterocycles. The SMILES string of the molecule is Cc1ccn(Cc2ccc(N)c(F)c2)c(=O)c1. The van der Waals surface area contributed by atoms with Gasteiger partial charge in [-0.2, -0.15) is 0 Å². The number of benzene rings is 1. The Bertz CT molecular complexity index is 605. The topological polar surface area (TPSA) is 48.0 Å². The van der Waals surface area contributed by atoms with Crippen molar-refractivity contribution in [3.63, 3.8) is 0 Å². The highest BCUT2D eigenvalue weighted by Crippen LogP contribution is 2.12. The molecule has 0 saturated heterocycles. The first kappa shape index (κ1) is 11.4. The summed E-state index contributed by atoms with van der Waals surface area (Å²) in [4.78, 5) is 11.6. The first-order valence-electron chi connectivity index (χ1n) is 5.27. The van der Waals surface area contributed by atoms with Gasteiger partial charge in [-0.3, -0.25) is 4.79 Å². The van der Waals surface area contributed by atoms with Crippen LogP contribution in [0.25, 0.3) is 0 Å². The molecule has 0 bridgehead atoms. The summed E-state index contributed by atoms with van der Waals surface area (Å²) in [6, 6.07) is 7.96. The third kappa shape index (κ3) is 2.53. The minimum Gasteiger partial charge on any atom is -0.396 e. The lowest BCUT2D eigenvalue weighted by Crippen LogP contribution is -2.19. The quantitative estimate of drug-likeness (QED) is 0.804. The molecule has 2 rings (SSSR count). The van der Waals surface area contributed by atoms with E-state index in [1.165, 1.54) is 16.7 Å². The van der Waals surface area contributed by atoms with E-state index in [9.17, 15) is 9.18 Å². The van der Waals surface area contributed by atoms with Crippen molar-refractivity contribution in [2.45, 2.75) is 13.5 Å². The molecule has 0 atom stereocenters. The van der Waals surface area contributed by atoms with Crippen molar-refractivity contribution in [1.29, 1.82) is 0 Å². The largest absolute Gasteiger partial charge is 0.396 e. The van der Waals surface area contributed by atoms with Gasteiger partial charge < -0.3 is 10.3 Å². The maximum absolute atomic E-state index is 13.2. The van der Waals surface area contributed by atoms with Crippen molar-refractivity contribution < 1.29 is 4.39 Å². The van der Waals surface area contributed by atoms with Crippen LogP contribution in [-0.4, -0.2) is 4.57 Å². The fourth-order valence-corrected chi connectivity index (χ4v) is 1.60. The Balaban J connectivity index is 2.31. The van der Waals surface area contributed by atoms with Crippen LogP contribution in [0.3, 0.4) is 0 Å². The molecule has 0 aliphatic carbocycles. The number of pyridine rings is 1. The summed E-state index contributed by atoms with van der Waals surface area (Å²) in [6.07, 6.45) is 1.70. The van der Waals surface area contributed by atoms with Crippen molar-refractivity contribution in [3.8, 4) is 0 Å². The summed E-state index contributed by atoms with van der Waals surface area (Å²) in [5.74, 6) is -0.456. The van der Waals surface area contributed by atoms with E-state index in [4.69, 9.17) is 5.73 Å². The molecule has 1 aromatic carbocycles. The van der Waals surface area contributed by atoms with E-state index in [0.717, 1.165) is 5.56 Å². The highest BCUT2D eigenvalue weighted by Gasteiger charge is 2.02. The van der Waals surface area contributed by atoms with Gasteiger partial charge in [0.1, 0.15) is 5.82 Å². The van der Waals surface area contributed by atoms with Gasteiger partial charge in [-0.1, -0.05) is 6.07 Å². The molecule has 0 saturated carbocycles. The average Bonchev–Trinajstić information content (AvgIpc) is 2.27. The van der Waals surface area contributed by atoms with Gasteiger partial charge in [0.05, 0.1) is 12.2 Å². The molecule has 0 amide bonds. The number of aryl methyl sites for hydroxylation is 1. The summed E-state index contributed by atoms with van der Waals surface area (Å²) in [5.41, 5.74) is 7.03. The van der Waals surface area contributed by atoms with Crippen molar-refractivity contribution in [3.05, 3.63) is 63.8 Å². The molecule has 1 heterocycles. The van der Waals surface area contributed by atoms with Crippen LogP contribution >= 0.6 is 0 Å². The van der Waals surface area contributed by atoms with E-state index in [0.29, 0.717) is 12.1 Å². The lowest BCUT2D eigenvalue weighted by molar-refractivity contribution is 0.627. The molecule has 0 radical (unpaired) electrons. The Labute approximate surface area is 98.3 Å². The molecule has 2 aromatic rings. The van der Waals surface area contributed by atoms with Crippen LogP contribution in [-0.2, 0) is 6.54 Å².